The summed E-state index contributed by atoms with van der Waals surface area (Å²) in [6.45, 7) is 13.7. The maximum atomic E-state index is 12.8. The second-order valence-corrected chi connectivity index (χ2v) is 7.22. The van der Waals surface area contributed by atoms with E-state index < -0.39 is 0 Å². The first kappa shape index (κ1) is 18.0. The van der Waals surface area contributed by atoms with Crippen molar-refractivity contribution in [2.45, 2.75) is 40.2 Å². The Balaban J connectivity index is 1.85. The minimum atomic E-state index is -0.0936. The number of piperidine rings is 1. The number of amides is 3. The zero-order valence-corrected chi connectivity index (χ0v) is 15.0. The molecular weight excluding hydrogens is 292 g/mol. The average molecular weight is 324 g/mol. The molecule has 0 bridgehead atoms. The van der Waals surface area contributed by atoms with Crippen molar-refractivity contribution in [3.8, 4) is 0 Å². The number of hydrogen-bond acceptors (Lipinski definition) is 3. The molecule has 2 aliphatic heterocycles. The van der Waals surface area contributed by atoms with Crippen LogP contribution in [0.2, 0.25) is 0 Å². The first-order valence-corrected chi connectivity index (χ1v) is 8.98. The molecule has 0 saturated carbocycles. The molecule has 0 aromatic heterocycles. The van der Waals surface area contributed by atoms with Crippen LogP contribution in [0.4, 0.5) is 4.79 Å². The highest BCUT2D eigenvalue weighted by Crippen LogP contribution is 2.22. The Morgan fingerprint density at radius 1 is 1.04 bits per heavy atom. The lowest BCUT2D eigenvalue weighted by Crippen LogP contribution is -2.57. The van der Waals surface area contributed by atoms with E-state index in [9.17, 15) is 9.59 Å². The first-order valence-electron chi connectivity index (χ1n) is 8.98. The summed E-state index contributed by atoms with van der Waals surface area (Å²) in [5.41, 5.74) is 0. The van der Waals surface area contributed by atoms with Crippen LogP contribution in [0.3, 0.4) is 0 Å². The number of hydrogen-bond donors (Lipinski definition) is 1. The van der Waals surface area contributed by atoms with Gasteiger partial charge in [-0.1, -0.05) is 13.8 Å². The Morgan fingerprint density at radius 3 is 2.13 bits per heavy atom. The van der Waals surface area contributed by atoms with E-state index >= 15 is 0 Å². The van der Waals surface area contributed by atoms with Crippen LogP contribution in [0.1, 0.15) is 34.1 Å². The number of nitrogens with one attached hydrogen (secondary N) is 1. The van der Waals surface area contributed by atoms with Gasteiger partial charge in [0.1, 0.15) is 0 Å². The molecule has 2 fully saturated rings. The van der Waals surface area contributed by atoms with Crippen molar-refractivity contribution >= 4 is 11.9 Å². The van der Waals surface area contributed by atoms with E-state index in [4.69, 9.17) is 0 Å². The third-order valence-electron chi connectivity index (χ3n) is 5.02. The van der Waals surface area contributed by atoms with Crippen LogP contribution in [0.15, 0.2) is 0 Å². The molecule has 2 heterocycles. The zero-order chi connectivity index (χ0) is 17.0. The average Bonchev–Trinajstić information content (AvgIpc) is 2.53. The molecule has 3 atom stereocenters. The molecule has 2 aliphatic rings. The predicted molar refractivity (Wildman–Crippen MR) is 91.2 cm³/mol. The van der Waals surface area contributed by atoms with Crippen LogP contribution in [0, 0.1) is 11.8 Å². The molecule has 2 saturated heterocycles. The van der Waals surface area contributed by atoms with Gasteiger partial charge in [0.05, 0.1) is 6.04 Å². The lowest BCUT2D eigenvalue weighted by molar-refractivity contribution is -0.139. The molecule has 0 aliphatic carbocycles. The summed E-state index contributed by atoms with van der Waals surface area (Å²) in [7, 11) is 0. The summed E-state index contributed by atoms with van der Waals surface area (Å²) in [6.07, 6.45) is 1.21. The monoisotopic (exact) mass is 324 g/mol. The Hall–Kier alpha value is -1.30. The molecule has 1 N–H and O–H groups in total. The van der Waals surface area contributed by atoms with Crippen LogP contribution >= 0.6 is 0 Å². The molecular formula is C17H32N4O2. The third kappa shape index (κ3) is 4.59. The highest BCUT2D eigenvalue weighted by Gasteiger charge is 2.32. The fraction of sp³-hybridized carbons (Fsp3) is 0.882. The van der Waals surface area contributed by atoms with Gasteiger partial charge >= 0.3 is 6.03 Å². The minimum absolute atomic E-state index is 0.00445. The second-order valence-electron chi connectivity index (χ2n) is 7.22. The number of urea groups is 1. The molecule has 0 spiro atoms. The number of carbonyl (C=O) groups is 2. The maximum absolute atomic E-state index is 12.8. The van der Waals surface area contributed by atoms with E-state index in [1.165, 1.54) is 6.42 Å². The van der Waals surface area contributed by atoms with Crippen LogP contribution in [-0.2, 0) is 4.79 Å². The van der Waals surface area contributed by atoms with Crippen LogP contribution in [0.25, 0.3) is 0 Å². The molecule has 3 unspecified atom stereocenters. The van der Waals surface area contributed by atoms with Crippen molar-refractivity contribution in [2.75, 3.05) is 45.8 Å². The number of likely N-dealkylation sites (tertiary alicyclic amines) is 1. The van der Waals surface area contributed by atoms with Gasteiger partial charge in [-0.05, 0) is 32.1 Å². The number of rotatable bonds is 3. The van der Waals surface area contributed by atoms with E-state index in [0.717, 1.165) is 26.2 Å². The van der Waals surface area contributed by atoms with Gasteiger partial charge in [0.15, 0.2) is 0 Å². The highest BCUT2D eigenvalue weighted by molar-refractivity contribution is 5.81. The maximum Gasteiger partial charge on any atom is 0.317 e. The molecule has 0 aromatic carbocycles. The van der Waals surface area contributed by atoms with Crippen LogP contribution < -0.4 is 5.32 Å². The van der Waals surface area contributed by atoms with Gasteiger partial charge in [0, 0.05) is 45.8 Å². The lowest BCUT2D eigenvalue weighted by Gasteiger charge is -2.41. The summed E-state index contributed by atoms with van der Waals surface area (Å²) in [6, 6.07) is -0.0892. The molecule has 6 heteroatoms. The molecule has 2 rings (SSSR count). The molecule has 6 nitrogen and oxygen atoms in total. The van der Waals surface area contributed by atoms with Crippen molar-refractivity contribution < 1.29 is 9.59 Å². The Bertz CT molecular complexity index is 411. The van der Waals surface area contributed by atoms with Gasteiger partial charge in [0.2, 0.25) is 5.91 Å². The quantitative estimate of drug-likeness (QED) is 0.849. The SMILES string of the molecule is CCNC(=O)N1CCN(C(C)C(=O)N2CC(C)CC(C)C2)CC1. The molecule has 3 amide bonds. The van der Waals surface area contributed by atoms with Gasteiger partial charge < -0.3 is 15.1 Å². The van der Waals surface area contributed by atoms with E-state index in [2.05, 4.69) is 24.1 Å². The van der Waals surface area contributed by atoms with Gasteiger partial charge in [-0.2, -0.15) is 0 Å². The summed E-state index contributed by atoms with van der Waals surface area (Å²) in [5.74, 6) is 1.42. The zero-order valence-electron chi connectivity index (χ0n) is 15.0. The molecule has 0 aromatic rings. The highest BCUT2D eigenvalue weighted by atomic mass is 16.2. The van der Waals surface area contributed by atoms with E-state index in [1.807, 2.05) is 23.6 Å². The summed E-state index contributed by atoms with van der Waals surface area (Å²) in [5, 5.41) is 2.84. The van der Waals surface area contributed by atoms with Crippen molar-refractivity contribution in [1.29, 1.82) is 0 Å². The molecule has 23 heavy (non-hydrogen) atoms. The molecule has 132 valence electrons. The van der Waals surface area contributed by atoms with E-state index in [0.29, 0.717) is 31.5 Å². The minimum Gasteiger partial charge on any atom is -0.341 e. The fourth-order valence-corrected chi connectivity index (χ4v) is 3.84. The van der Waals surface area contributed by atoms with Gasteiger partial charge in [-0.3, -0.25) is 9.69 Å². The standard InChI is InChI=1S/C17H32N4O2/c1-5-18-17(23)20-8-6-19(7-9-20)15(4)16(22)21-11-13(2)10-14(3)12-21/h13-15H,5-12H2,1-4H3,(H,18,23). The first-order chi connectivity index (χ1) is 10.9. The van der Waals surface area contributed by atoms with Gasteiger partial charge in [-0.15, -0.1) is 0 Å². The Kier molecular flexibility index (Phi) is 6.27. The van der Waals surface area contributed by atoms with Gasteiger partial charge in [0.25, 0.3) is 0 Å². The normalized spacial score (nSPS) is 27.7. The smallest absolute Gasteiger partial charge is 0.317 e. The Labute approximate surface area is 140 Å². The number of carbonyl (C=O) groups excluding carboxylic acids is 2. The van der Waals surface area contributed by atoms with Crippen molar-refractivity contribution in [2.24, 2.45) is 11.8 Å². The number of nitrogens with zero attached hydrogens (tertiary/aromatic N) is 3. The van der Waals surface area contributed by atoms with Crippen LogP contribution in [0.5, 0.6) is 0 Å². The van der Waals surface area contributed by atoms with Gasteiger partial charge in [-0.25, -0.2) is 4.79 Å². The largest absolute Gasteiger partial charge is 0.341 e. The van der Waals surface area contributed by atoms with E-state index in [-0.39, 0.29) is 18.0 Å². The lowest BCUT2D eigenvalue weighted by atomic mass is 9.91. The second kappa shape index (κ2) is 7.99. The van der Waals surface area contributed by atoms with Crippen molar-refractivity contribution in [3.05, 3.63) is 0 Å². The summed E-state index contributed by atoms with van der Waals surface area (Å²) >= 11 is 0. The Morgan fingerprint density at radius 2 is 1.61 bits per heavy atom. The predicted octanol–water partition coefficient (Wildman–Crippen LogP) is 1.23. The third-order valence-corrected chi connectivity index (χ3v) is 5.02. The topological polar surface area (TPSA) is 55.9 Å². The van der Waals surface area contributed by atoms with Crippen LogP contribution in [-0.4, -0.2) is 78.5 Å². The number of piperazine rings is 1. The summed E-state index contributed by atoms with van der Waals surface area (Å²) < 4.78 is 0. The van der Waals surface area contributed by atoms with Crippen molar-refractivity contribution in [1.82, 2.24) is 20.0 Å². The summed E-state index contributed by atoms with van der Waals surface area (Å²) in [4.78, 5) is 30.7. The van der Waals surface area contributed by atoms with E-state index in [1.54, 1.807) is 0 Å². The van der Waals surface area contributed by atoms with Crippen molar-refractivity contribution in [3.63, 3.8) is 0 Å². The fourth-order valence-electron chi connectivity index (χ4n) is 3.84. The molecule has 0 radical (unpaired) electrons.